The quantitative estimate of drug-likeness (QED) is 0.282. The van der Waals surface area contributed by atoms with Gasteiger partial charge in [0.25, 0.3) is 10.0 Å². The Morgan fingerprint density at radius 1 is 1.03 bits per heavy atom. The number of para-hydroxylation sites is 1. The Morgan fingerprint density at radius 2 is 1.81 bits per heavy atom. The highest BCUT2D eigenvalue weighted by Gasteiger charge is 2.36. The number of carbonyl (C=O) groups excluding carboxylic acids is 1. The smallest absolute Gasteiger partial charge is 0.268 e. The Labute approximate surface area is 213 Å². The van der Waals surface area contributed by atoms with E-state index in [1.807, 2.05) is 42.5 Å². The number of ether oxygens (including phenoxy) is 1. The molecule has 1 aliphatic heterocycles. The highest BCUT2D eigenvalue weighted by Crippen LogP contribution is 2.42. The van der Waals surface area contributed by atoms with Crippen LogP contribution in [0.15, 0.2) is 95.1 Å². The molecule has 5 rings (SSSR count). The summed E-state index contributed by atoms with van der Waals surface area (Å²) in [5.74, 6) is 0.459. The Hall–Kier alpha value is -3.89. The molecule has 1 aliphatic rings. The van der Waals surface area contributed by atoms with Crippen molar-refractivity contribution in [2.75, 3.05) is 22.5 Å². The lowest BCUT2D eigenvalue weighted by atomic mass is 10.1. The Kier molecular flexibility index (Phi) is 6.62. The maximum absolute atomic E-state index is 13.6. The van der Waals surface area contributed by atoms with E-state index in [4.69, 9.17) is 4.74 Å². The zero-order valence-electron chi connectivity index (χ0n) is 19.3. The van der Waals surface area contributed by atoms with Crippen LogP contribution in [0.25, 0.3) is 11.3 Å². The lowest BCUT2D eigenvalue weighted by Gasteiger charge is -2.31. The van der Waals surface area contributed by atoms with E-state index in [2.05, 4.69) is 15.3 Å². The summed E-state index contributed by atoms with van der Waals surface area (Å²) in [7, 11) is -2.32. The molecule has 1 N–H and O–H groups in total. The van der Waals surface area contributed by atoms with Crippen LogP contribution in [0.2, 0.25) is 0 Å². The fourth-order valence-electron chi connectivity index (χ4n) is 3.89. The molecule has 0 saturated carbocycles. The average Bonchev–Trinajstić information content (AvgIpc) is 2.90. The monoisotopic (exact) mass is 518 g/mol. The van der Waals surface area contributed by atoms with E-state index >= 15 is 0 Å². The number of anilines is 2. The second kappa shape index (κ2) is 10.00. The van der Waals surface area contributed by atoms with Gasteiger partial charge >= 0.3 is 0 Å². The molecule has 36 heavy (non-hydrogen) atoms. The fraction of sp³-hybridized carbons (Fsp3) is 0.115. The van der Waals surface area contributed by atoms with Crippen molar-refractivity contribution in [3.8, 4) is 17.0 Å². The molecule has 0 radical (unpaired) electrons. The maximum Gasteiger partial charge on any atom is 0.268 e. The third kappa shape index (κ3) is 4.77. The average molecular weight is 519 g/mol. The van der Waals surface area contributed by atoms with Crippen molar-refractivity contribution in [1.29, 1.82) is 0 Å². The molecular weight excluding hydrogens is 496 g/mol. The van der Waals surface area contributed by atoms with Crippen LogP contribution < -0.4 is 14.4 Å². The first-order chi connectivity index (χ1) is 17.5. The van der Waals surface area contributed by atoms with Gasteiger partial charge in [-0.25, -0.2) is 18.4 Å². The summed E-state index contributed by atoms with van der Waals surface area (Å²) in [5.41, 5.74) is 3.07. The van der Waals surface area contributed by atoms with E-state index in [1.165, 1.54) is 10.5 Å². The summed E-state index contributed by atoms with van der Waals surface area (Å²) in [6, 6.07) is 23.8. The van der Waals surface area contributed by atoms with Gasteiger partial charge in [-0.15, -0.1) is 0 Å². The Balaban J connectivity index is 1.39. The van der Waals surface area contributed by atoms with Gasteiger partial charge in [-0.3, -0.25) is 9.10 Å². The van der Waals surface area contributed by atoms with Crippen molar-refractivity contribution >= 4 is 39.1 Å². The molecule has 1 amide bonds. The molecule has 182 valence electrons. The molecule has 0 aliphatic carbocycles. The third-order valence-electron chi connectivity index (χ3n) is 5.58. The number of hydrogen-bond acceptors (Lipinski definition) is 7. The summed E-state index contributed by atoms with van der Waals surface area (Å²) in [4.78, 5) is 21.3. The second-order valence-electron chi connectivity index (χ2n) is 7.95. The first kappa shape index (κ1) is 23.8. The van der Waals surface area contributed by atoms with Crippen LogP contribution in [-0.4, -0.2) is 37.2 Å². The largest absolute Gasteiger partial charge is 0.497 e. The molecule has 10 heteroatoms. The lowest BCUT2D eigenvalue weighted by molar-refractivity contribution is -0.113. The molecule has 0 spiro atoms. The highest BCUT2D eigenvalue weighted by atomic mass is 32.2. The minimum atomic E-state index is -3.88. The zero-order valence-corrected chi connectivity index (χ0v) is 20.9. The maximum atomic E-state index is 13.6. The summed E-state index contributed by atoms with van der Waals surface area (Å²) in [6.07, 6.45) is 1.33. The number of hydrogen-bond donors (Lipinski definition) is 1. The van der Waals surface area contributed by atoms with Crippen LogP contribution in [-0.2, 0) is 21.4 Å². The second-order valence-corrected chi connectivity index (χ2v) is 10.7. The van der Waals surface area contributed by atoms with Crippen molar-refractivity contribution in [3.63, 3.8) is 0 Å². The van der Waals surface area contributed by atoms with E-state index in [0.29, 0.717) is 33.5 Å². The molecule has 0 fully saturated rings. The van der Waals surface area contributed by atoms with E-state index in [9.17, 15) is 13.2 Å². The number of sulfonamides is 1. The molecular formula is C26H22N4O4S2. The van der Waals surface area contributed by atoms with Gasteiger partial charge in [0.05, 0.1) is 37.0 Å². The minimum absolute atomic E-state index is 0.0438. The number of rotatable bonds is 7. The summed E-state index contributed by atoms with van der Waals surface area (Å²) >= 11 is 1.13. The van der Waals surface area contributed by atoms with Gasteiger partial charge in [0.15, 0.2) is 5.16 Å². The number of benzene rings is 3. The van der Waals surface area contributed by atoms with Crippen molar-refractivity contribution < 1.29 is 17.9 Å². The van der Waals surface area contributed by atoms with Gasteiger partial charge in [-0.05, 0) is 23.8 Å². The predicted molar refractivity (Wildman–Crippen MR) is 140 cm³/mol. The van der Waals surface area contributed by atoms with Crippen LogP contribution in [0.3, 0.4) is 0 Å². The molecule has 0 bridgehead atoms. The summed E-state index contributed by atoms with van der Waals surface area (Å²) in [5, 5.41) is 3.12. The van der Waals surface area contributed by atoms with E-state index in [1.54, 1.807) is 43.5 Å². The number of thioether (sulfide) groups is 1. The predicted octanol–water partition coefficient (Wildman–Crippen LogP) is 4.59. The van der Waals surface area contributed by atoms with Crippen molar-refractivity contribution in [3.05, 3.63) is 90.6 Å². The van der Waals surface area contributed by atoms with Crippen LogP contribution in [0.4, 0.5) is 11.4 Å². The highest BCUT2D eigenvalue weighted by molar-refractivity contribution is 7.99. The minimum Gasteiger partial charge on any atom is -0.497 e. The zero-order chi connectivity index (χ0) is 25.1. The first-order valence-corrected chi connectivity index (χ1v) is 13.5. The Bertz CT molecular complexity index is 1530. The van der Waals surface area contributed by atoms with E-state index in [-0.39, 0.29) is 23.1 Å². The molecule has 0 saturated heterocycles. The molecule has 8 nitrogen and oxygen atoms in total. The molecule has 0 unspecified atom stereocenters. The molecule has 1 aromatic heterocycles. The third-order valence-corrected chi connectivity index (χ3v) is 8.21. The van der Waals surface area contributed by atoms with Gasteiger partial charge < -0.3 is 10.1 Å². The van der Waals surface area contributed by atoms with Gasteiger partial charge in [0, 0.05) is 17.3 Å². The van der Waals surface area contributed by atoms with Crippen LogP contribution in [0.1, 0.15) is 5.56 Å². The van der Waals surface area contributed by atoms with Gasteiger partial charge in [-0.1, -0.05) is 66.4 Å². The van der Waals surface area contributed by atoms with Crippen LogP contribution in [0, 0.1) is 0 Å². The van der Waals surface area contributed by atoms with Crippen molar-refractivity contribution in [2.24, 2.45) is 0 Å². The van der Waals surface area contributed by atoms with Crippen LogP contribution >= 0.6 is 11.8 Å². The number of aromatic nitrogens is 2. The number of amides is 1. The van der Waals surface area contributed by atoms with E-state index in [0.717, 1.165) is 17.3 Å². The first-order valence-electron chi connectivity index (χ1n) is 11.1. The SMILES string of the molecule is COc1cccc(NC(=O)CSc2ncc3c(n2)-c2ccccc2N(Cc2ccccc2)S3(=O)=O)c1. The summed E-state index contributed by atoms with van der Waals surface area (Å²) < 4.78 is 33.7. The standard InChI is InChI=1S/C26H22N4O4S2/c1-34-20-11-7-10-19(14-20)28-24(31)17-35-26-27-15-23-25(29-26)21-12-5-6-13-22(21)30(36(23,32)33)16-18-8-3-2-4-9-18/h2-15H,16-17H2,1H3,(H,28,31). The van der Waals surface area contributed by atoms with Gasteiger partial charge in [-0.2, -0.15) is 0 Å². The molecule has 0 atom stereocenters. The lowest BCUT2D eigenvalue weighted by Crippen LogP contribution is -2.34. The normalized spacial score (nSPS) is 13.4. The topological polar surface area (TPSA) is 101 Å². The number of fused-ring (bicyclic) bond motifs is 3. The number of methoxy groups -OCH3 is 1. The van der Waals surface area contributed by atoms with Gasteiger partial charge in [0.1, 0.15) is 10.6 Å². The summed E-state index contributed by atoms with van der Waals surface area (Å²) in [6.45, 7) is 0.195. The number of carbonyl (C=O) groups is 1. The molecule has 2 heterocycles. The van der Waals surface area contributed by atoms with Gasteiger partial charge in [0.2, 0.25) is 5.91 Å². The molecule has 3 aromatic carbocycles. The fourth-order valence-corrected chi connectivity index (χ4v) is 6.07. The van der Waals surface area contributed by atoms with Crippen LogP contribution in [0.5, 0.6) is 5.75 Å². The van der Waals surface area contributed by atoms with Crippen molar-refractivity contribution in [2.45, 2.75) is 16.6 Å². The Morgan fingerprint density at radius 3 is 2.61 bits per heavy atom. The van der Waals surface area contributed by atoms with Crippen molar-refractivity contribution in [1.82, 2.24) is 9.97 Å². The number of nitrogens with zero attached hydrogens (tertiary/aromatic N) is 3. The molecule has 4 aromatic rings. The number of nitrogens with one attached hydrogen (secondary N) is 1. The van der Waals surface area contributed by atoms with E-state index < -0.39 is 10.0 Å².